The van der Waals surface area contributed by atoms with Crippen LogP contribution in [0.2, 0.25) is 0 Å². The van der Waals surface area contributed by atoms with Gasteiger partial charge in [-0.25, -0.2) is 0 Å². The number of allylic oxidation sites excluding steroid dienone is 2. The van der Waals surface area contributed by atoms with Gasteiger partial charge in [-0.05, 0) is 42.7 Å². The van der Waals surface area contributed by atoms with E-state index in [1.165, 1.54) is 9.80 Å². The van der Waals surface area contributed by atoms with Gasteiger partial charge in [-0.15, -0.1) is 0 Å². The molecule has 0 spiro atoms. The third-order valence-corrected chi connectivity index (χ3v) is 6.51. The summed E-state index contributed by atoms with van der Waals surface area (Å²) in [7, 11) is 0. The quantitative estimate of drug-likeness (QED) is 0.776. The largest absolute Gasteiger partial charge is 0.463 e. The van der Waals surface area contributed by atoms with Crippen LogP contribution in [-0.4, -0.2) is 52.7 Å². The third-order valence-electron chi connectivity index (χ3n) is 6.51. The molecule has 0 unspecified atom stereocenters. The third kappa shape index (κ3) is 2.94. The Bertz CT molecular complexity index is 1250. The van der Waals surface area contributed by atoms with Gasteiger partial charge in [0.2, 0.25) is 18.9 Å². The Morgan fingerprint density at radius 1 is 1.12 bits per heavy atom. The van der Waals surface area contributed by atoms with Crippen LogP contribution in [0, 0.1) is 0 Å². The number of carbonyl (C=O) groups is 2. The maximum absolute atomic E-state index is 13.6. The van der Waals surface area contributed by atoms with Gasteiger partial charge < -0.3 is 24.2 Å². The van der Waals surface area contributed by atoms with E-state index >= 15 is 0 Å². The minimum atomic E-state index is -0.804. The van der Waals surface area contributed by atoms with Crippen molar-refractivity contribution in [2.75, 3.05) is 19.9 Å². The van der Waals surface area contributed by atoms with E-state index in [1.54, 1.807) is 19.1 Å². The Labute approximate surface area is 190 Å². The molecule has 2 aromatic carbocycles. The minimum absolute atomic E-state index is 0.128. The van der Waals surface area contributed by atoms with Crippen LogP contribution in [0.3, 0.4) is 0 Å². The number of aliphatic hydroxyl groups excluding tert-OH is 1. The summed E-state index contributed by atoms with van der Waals surface area (Å²) in [6.07, 6.45) is 1.94. The van der Waals surface area contributed by atoms with E-state index in [0.29, 0.717) is 22.8 Å². The van der Waals surface area contributed by atoms with Gasteiger partial charge in [0.05, 0.1) is 12.6 Å². The molecular formula is C25H22N2O6. The zero-order valence-corrected chi connectivity index (χ0v) is 18.0. The zero-order valence-electron chi connectivity index (χ0n) is 18.0. The van der Waals surface area contributed by atoms with Crippen LogP contribution in [0.1, 0.15) is 29.8 Å². The van der Waals surface area contributed by atoms with Gasteiger partial charge in [0.15, 0.2) is 23.0 Å². The minimum Gasteiger partial charge on any atom is -0.463 e. The van der Waals surface area contributed by atoms with E-state index in [9.17, 15) is 14.7 Å². The van der Waals surface area contributed by atoms with Crippen molar-refractivity contribution in [3.05, 3.63) is 76.7 Å². The smallest absolute Gasteiger partial charge is 0.275 e. The van der Waals surface area contributed by atoms with Gasteiger partial charge in [0, 0.05) is 11.1 Å². The first-order valence-electron chi connectivity index (χ1n) is 10.9. The summed E-state index contributed by atoms with van der Waals surface area (Å²) in [4.78, 5) is 29.8. The highest BCUT2D eigenvalue weighted by Crippen LogP contribution is 2.47. The maximum Gasteiger partial charge on any atom is 0.275 e. The van der Waals surface area contributed by atoms with Crippen molar-refractivity contribution >= 4 is 17.4 Å². The van der Waals surface area contributed by atoms with E-state index in [2.05, 4.69) is 0 Å². The fraction of sp³-hybridized carbons (Fsp3) is 0.280. The fourth-order valence-electron chi connectivity index (χ4n) is 4.76. The molecule has 1 N–H and O–H groups in total. The predicted octanol–water partition coefficient (Wildman–Crippen LogP) is 2.35. The van der Waals surface area contributed by atoms with Crippen molar-refractivity contribution in [3.63, 3.8) is 0 Å². The molecule has 2 aromatic rings. The number of fused-ring (bicyclic) bond motifs is 3. The van der Waals surface area contributed by atoms with Crippen molar-refractivity contribution in [1.82, 2.24) is 9.80 Å². The van der Waals surface area contributed by atoms with Gasteiger partial charge in [-0.2, -0.15) is 0 Å². The molecule has 1 aliphatic carbocycles. The van der Waals surface area contributed by atoms with Crippen molar-refractivity contribution in [2.24, 2.45) is 0 Å². The zero-order chi connectivity index (χ0) is 22.7. The Morgan fingerprint density at radius 2 is 1.94 bits per heavy atom. The van der Waals surface area contributed by atoms with Crippen LogP contribution < -0.4 is 9.47 Å². The van der Waals surface area contributed by atoms with Gasteiger partial charge in [0.1, 0.15) is 6.54 Å². The van der Waals surface area contributed by atoms with E-state index < -0.39 is 12.3 Å². The first-order chi connectivity index (χ1) is 16.1. The Hall–Kier alpha value is -3.78. The summed E-state index contributed by atoms with van der Waals surface area (Å²) >= 11 is 0. The molecule has 8 heteroatoms. The van der Waals surface area contributed by atoms with Crippen LogP contribution in [0.25, 0.3) is 5.57 Å². The second-order valence-corrected chi connectivity index (χ2v) is 8.47. The molecule has 8 nitrogen and oxygen atoms in total. The number of benzene rings is 2. The van der Waals surface area contributed by atoms with Crippen molar-refractivity contribution < 1.29 is 28.9 Å². The predicted molar refractivity (Wildman–Crippen MR) is 117 cm³/mol. The number of ether oxygens (including phenoxy) is 3. The van der Waals surface area contributed by atoms with Crippen molar-refractivity contribution in [3.8, 4) is 11.5 Å². The number of hydrogen-bond donors (Lipinski definition) is 1. The molecule has 4 aliphatic rings. The van der Waals surface area contributed by atoms with E-state index in [0.717, 1.165) is 23.1 Å². The molecule has 6 rings (SSSR count). The molecule has 0 saturated carbocycles. The van der Waals surface area contributed by atoms with Gasteiger partial charge in [0.25, 0.3) is 5.91 Å². The molecule has 0 aromatic heterocycles. The summed E-state index contributed by atoms with van der Waals surface area (Å²) in [5.41, 5.74) is 3.81. The number of aliphatic hydroxyl groups is 1. The Morgan fingerprint density at radius 3 is 2.79 bits per heavy atom. The summed E-state index contributed by atoms with van der Waals surface area (Å²) in [5, 5.41) is 9.66. The first kappa shape index (κ1) is 19.9. The SMILES string of the molecule is C[C@@H](CO)N1CC(=O)N2C(=C(C3=CCc4ccccc43)O[C@H]2c2ccc3c(c2)OCO3)C1=O. The number of nitrogens with zero attached hydrogens (tertiary/aromatic N) is 2. The average molecular weight is 446 g/mol. The maximum atomic E-state index is 13.6. The first-order valence-corrected chi connectivity index (χ1v) is 10.9. The van der Waals surface area contributed by atoms with Gasteiger partial charge in [-0.3, -0.25) is 14.5 Å². The lowest BCUT2D eigenvalue weighted by atomic mass is 10.0. The summed E-state index contributed by atoms with van der Waals surface area (Å²) < 4.78 is 17.3. The van der Waals surface area contributed by atoms with Crippen LogP contribution in [0.4, 0.5) is 0 Å². The normalized spacial score (nSPS) is 21.8. The second-order valence-electron chi connectivity index (χ2n) is 8.47. The lowest BCUT2D eigenvalue weighted by molar-refractivity contribution is -0.152. The number of amides is 2. The molecule has 2 atom stereocenters. The summed E-state index contributed by atoms with van der Waals surface area (Å²) in [6.45, 7) is 1.49. The lowest BCUT2D eigenvalue weighted by Gasteiger charge is -2.37. The Balaban J connectivity index is 1.47. The summed E-state index contributed by atoms with van der Waals surface area (Å²) in [5.74, 6) is 0.981. The van der Waals surface area contributed by atoms with Crippen LogP contribution in [-0.2, 0) is 20.7 Å². The van der Waals surface area contributed by atoms with Crippen molar-refractivity contribution in [1.29, 1.82) is 0 Å². The molecule has 33 heavy (non-hydrogen) atoms. The highest BCUT2D eigenvalue weighted by molar-refractivity contribution is 6.07. The second kappa shape index (κ2) is 7.38. The molecule has 0 radical (unpaired) electrons. The monoisotopic (exact) mass is 446 g/mol. The highest BCUT2D eigenvalue weighted by atomic mass is 16.7. The van der Waals surface area contributed by atoms with Crippen molar-refractivity contribution in [2.45, 2.75) is 25.6 Å². The number of piperazine rings is 1. The van der Waals surface area contributed by atoms with Gasteiger partial charge >= 0.3 is 0 Å². The molecule has 168 valence electrons. The van der Waals surface area contributed by atoms with E-state index in [1.807, 2.05) is 36.4 Å². The molecule has 1 saturated heterocycles. The molecule has 0 bridgehead atoms. The van der Waals surface area contributed by atoms with Crippen LogP contribution >= 0.6 is 0 Å². The van der Waals surface area contributed by atoms with Gasteiger partial charge in [-0.1, -0.05) is 30.3 Å². The average Bonchev–Trinajstić information content (AvgIpc) is 3.56. The molecule has 3 aliphatic heterocycles. The molecule has 2 amide bonds. The van der Waals surface area contributed by atoms with E-state index in [4.69, 9.17) is 14.2 Å². The Kier molecular flexibility index (Phi) is 4.45. The topological polar surface area (TPSA) is 88.5 Å². The fourth-order valence-corrected chi connectivity index (χ4v) is 4.76. The summed E-state index contributed by atoms with van der Waals surface area (Å²) in [6, 6.07) is 12.8. The molecular weight excluding hydrogens is 424 g/mol. The van der Waals surface area contributed by atoms with Crippen LogP contribution in [0.15, 0.2) is 60.0 Å². The lowest BCUT2D eigenvalue weighted by Crippen LogP contribution is -2.55. The number of rotatable bonds is 4. The molecule has 3 heterocycles. The number of hydrogen-bond acceptors (Lipinski definition) is 6. The molecule has 1 fully saturated rings. The number of carbonyl (C=O) groups excluding carboxylic acids is 2. The van der Waals surface area contributed by atoms with Crippen LogP contribution in [0.5, 0.6) is 11.5 Å². The highest BCUT2D eigenvalue weighted by Gasteiger charge is 2.49. The standard InChI is InChI=1S/C25H22N2O6/c1-14(12-28)26-11-21(29)27-22(24(26)30)23(18-8-6-15-4-2-3-5-17(15)18)33-25(27)16-7-9-19-20(10-16)32-13-31-19/h2-5,7-10,14,25,28H,6,11-13H2,1H3/t14-,25-/m0/s1. The van der Waals surface area contributed by atoms with E-state index in [-0.39, 0.29) is 37.5 Å².